The minimum atomic E-state index is 0.497. The highest BCUT2D eigenvalue weighted by Gasteiger charge is 2.22. The van der Waals surface area contributed by atoms with Crippen LogP contribution in [0.25, 0.3) is 66.1 Å². The molecule has 0 amide bonds. The average molecular weight is 561 g/mol. The van der Waals surface area contributed by atoms with Crippen molar-refractivity contribution in [2.45, 2.75) is 0 Å². The maximum atomic E-state index is 10.9. The summed E-state index contributed by atoms with van der Waals surface area (Å²) in [5.41, 5.74) is 8.58. The molecule has 5 aromatic carbocycles. The van der Waals surface area contributed by atoms with E-state index in [1.807, 2.05) is 115 Å². The van der Waals surface area contributed by atoms with Crippen LogP contribution in [0.3, 0.4) is 0 Å². The van der Waals surface area contributed by atoms with Gasteiger partial charge in [0.15, 0.2) is 0 Å². The van der Waals surface area contributed by atoms with Crippen molar-refractivity contribution in [3.05, 3.63) is 138 Å². The summed E-state index contributed by atoms with van der Waals surface area (Å²) in [7, 11) is 0. The molecule has 0 aliphatic rings. The third-order valence-corrected chi connectivity index (χ3v) is 8.29. The van der Waals surface area contributed by atoms with Gasteiger partial charge in [0.2, 0.25) is 0 Å². The molecule has 0 atom stereocenters. The standard InChI is InChI=1S/C38H20N6/c39-20-24-11-13-35-30(16-24)28-7-1-3-9-33(28)43(35)37-18-27(26-6-5-15-42-23-26)19-38(32(37)22-41)44-34-10-4-2-8-29(34)31-17-25(21-40)12-14-36(31)44/h1-19,23H. The van der Waals surface area contributed by atoms with E-state index >= 15 is 0 Å². The van der Waals surface area contributed by atoms with Gasteiger partial charge in [-0.25, -0.2) is 0 Å². The van der Waals surface area contributed by atoms with E-state index in [-0.39, 0.29) is 0 Å². The molecular weight excluding hydrogens is 540 g/mol. The second-order valence-corrected chi connectivity index (χ2v) is 10.6. The second kappa shape index (κ2) is 9.71. The number of para-hydroxylation sites is 2. The van der Waals surface area contributed by atoms with E-state index < -0.39 is 0 Å². The summed E-state index contributed by atoms with van der Waals surface area (Å²) in [4.78, 5) is 4.39. The van der Waals surface area contributed by atoms with Gasteiger partial charge in [-0.2, -0.15) is 15.8 Å². The van der Waals surface area contributed by atoms with Gasteiger partial charge in [-0.1, -0.05) is 42.5 Å². The van der Waals surface area contributed by atoms with E-state index in [2.05, 4.69) is 32.3 Å². The first-order valence-corrected chi connectivity index (χ1v) is 14.1. The van der Waals surface area contributed by atoms with E-state index in [1.54, 1.807) is 6.20 Å². The van der Waals surface area contributed by atoms with Gasteiger partial charge in [0.1, 0.15) is 11.6 Å². The zero-order valence-electron chi connectivity index (χ0n) is 23.2. The molecular formula is C38H20N6. The van der Waals surface area contributed by atoms with Crippen molar-refractivity contribution < 1.29 is 0 Å². The number of benzene rings is 5. The van der Waals surface area contributed by atoms with Gasteiger partial charge in [-0.15, -0.1) is 0 Å². The molecule has 8 rings (SSSR count). The lowest BCUT2D eigenvalue weighted by Gasteiger charge is -2.18. The van der Waals surface area contributed by atoms with Gasteiger partial charge in [0, 0.05) is 39.5 Å². The molecule has 0 aliphatic carbocycles. The summed E-state index contributed by atoms with van der Waals surface area (Å²) in [6.45, 7) is 0. The van der Waals surface area contributed by atoms with Gasteiger partial charge < -0.3 is 9.13 Å². The van der Waals surface area contributed by atoms with Crippen LogP contribution in [0.5, 0.6) is 0 Å². The summed E-state index contributed by atoms with van der Waals surface area (Å²) < 4.78 is 4.24. The van der Waals surface area contributed by atoms with Gasteiger partial charge >= 0.3 is 0 Å². The highest BCUT2D eigenvalue weighted by Crippen LogP contribution is 2.40. The summed E-state index contributed by atoms with van der Waals surface area (Å²) in [6.07, 6.45) is 3.57. The molecule has 6 nitrogen and oxygen atoms in total. The lowest BCUT2D eigenvalue weighted by Crippen LogP contribution is -2.05. The van der Waals surface area contributed by atoms with Crippen LogP contribution in [0.4, 0.5) is 0 Å². The smallest absolute Gasteiger partial charge is 0.104 e. The molecule has 0 aliphatic heterocycles. The third-order valence-electron chi connectivity index (χ3n) is 8.29. The van der Waals surface area contributed by atoms with Crippen LogP contribution in [0.15, 0.2) is 122 Å². The molecule has 6 heteroatoms. The van der Waals surface area contributed by atoms with E-state index in [4.69, 9.17) is 0 Å². The largest absolute Gasteiger partial charge is 0.308 e. The molecule has 3 heterocycles. The van der Waals surface area contributed by atoms with Crippen LogP contribution >= 0.6 is 0 Å². The van der Waals surface area contributed by atoms with Crippen molar-refractivity contribution in [3.63, 3.8) is 0 Å². The molecule has 0 bridgehead atoms. The Hall–Kier alpha value is -6.68. The Morgan fingerprint density at radius 1 is 0.477 bits per heavy atom. The number of hydrogen-bond acceptors (Lipinski definition) is 4. The Bertz CT molecular complexity index is 2430. The van der Waals surface area contributed by atoms with Crippen molar-refractivity contribution in [1.82, 2.24) is 14.1 Å². The Morgan fingerprint density at radius 3 is 1.48 bits per heavy atom. The van der Waals surface area contributed by atoms with Crippen molar-refractivity contribution in [2.75, 3.05) is 0 Å². The number of nitriles is 3. The molecule has 0 fully saturated rings. The molecule has 0 unspecified atom stereocenters. The minimum Gasteiger partial charge on any atom is -0.308 e. The molecule has 44 heavy (non-hydrogen) atoms. The number of aromatic nitrogens is 3. The normalized spacial score (nSPS) is 11.1. The summed E-state index contributed by atoms with van der Waals surface area (Å²) in [6, 6.07) is 42.6. The maximum Gasteiger partial charge on any atom is 0.104 e. The monoisotopic (exact) mass is 560 g/mol. The second-order valence-electron chi connectivity index (χ2n) is 10.6. The van der Waals surface area contributed by atoms with Crippen LogP contribution in [0, 0.1) is 34.0 Å². The van der Waals surface area contributed by atoms with Gasteiger partial charge in [0.05, 0.1) is 56.7 Å². The molecule has 0 spiro atoms. The first-order chi connectivity index (χ1) is 21.7. The fourth-order valence-electron chi connectivity index (χ4n) is 6.38. The predicted octanol–water partition coefficient (Wildman–Crippen LogP) is 8.56. The van der Waals surface area contributed by atoms with Gasteiger partial charge in [0.25, 0.3) is 0 Å². The zero-order valence-corrected chi connectivity index (χ0v) is 23.2. The Kier molecular flexibility index (Phi) is 5.53. The van der Waals surface area contributed by atoms with Crippen molar-refractivity contribution >= 4 is 43.6 Å². The zero-order chi connectivity index (χ0) is 29.8. The molecule has 3 aromatic heterocycles. The SMILES string of the molecule is N#Cc1ccc2c(c1)c1ccccc1n2-c1cc(-c2cccnc2)cc(-n2c3ccccc3c3cc(C#N)ccc32)c1C#N. The predicted molar refractivity (Wildman–Crippen MR) is 172 cm³/mol. The topological polar surface area (TPSA) is 94.1 Å². The highest BCUT2D eigenvalue weighted by molar-refractivity contribution is 6.11. The Morgan fingerprint density at radius 2 is 1.00 bits per heavy atom. The number of pyridine rings is 1. The molecule has 0 N–H and O–H groups in total. The molecule has 8 aromatic rings. The quantitative estimate of drug-likeness (QED) is 0.216. The van der Waals surface area contributed by atoms with Crippen LogP contribution in [0.1, 0.15) is 16.7 Å². The summed E-state index contributed by atoms with van der Waals surface area (Å²) in [5.74, 6) is 0. The van der Waals surface area contributed by atoms with E-state index in [0.717, 1.165) is 66.1 Å². The lowest BCUT2D eigenvalue weighted by atomic mass is 10.0. The number of nitrogens with zero attached hydrogens (tertiary/aromatic N) is 6. The molecule has 202 valence electrons. The van der Waals surface area contributed by atoms with Crippen molar-refractivity contribution in [3.8, 4) is 40.7 Å². The highest BCUT2D eigenvalue weighted by atomic mass is 15.0. The van der Waals surface area contributed by atoms with E-state index in [1.165, 1.54) is 0 Å². The Balaban J connectivity index is 1.56. The number of fused-ring (bicyclic) bond motifs is 6. The first-order valence-electron chi connectivity index (χ1n) is 14.1. The van der Waals surface area contributed by atoms with E-state index in [0.29, 0.717) is 16.7 Å². The van der Waals surface area contributed by atoms with Gasteiger partial charge in [-0.3, -0.25) is 4.98 Å². The molecule has 0 saturated heterocycles. The molecule has 0 saturated carbocycles. The van der Waals surface area contributed by atoms with Crippen LogP contribution in [-0.2, 0) is 0 Å². The van der Waals surface area contributed by atoms with Crippen LogP contribution in [-0.4, -0.2) is 14.1 Å². The molecule has 0 radical (unpaired) electrons. The minimum absolute atomic E-state index is 0.497. The third kappa shape index (κ3) is 3.61. The van der Waals surface area contributed by atoms with Crippen molar-refractivity contribution in [1.29, 1.82) is 15.8 Å². The number of hydrogen-bond donors (Lipinski definition) is 0. The van der Waals surface area contributed by atoms with E-state index in [9.17, 15) is 15.8 Å². The lowest BCUT2D eigenvalue weighted by molar-refractivity contribution is 1.12. The fourth-order valence-corrected chi connectivity index (χ4v) is 6.38. The van der Waals surface area contributed by atoms with Gasteiger partial charge in [-0.05, 0) is 72.3 Å². The average Bonchev–Trinajstić information content (AvgIpc) is 3.60. The number of rotatable bonds is 3. The fraction of sp³-hybridized carbons (Fsp3) is 0. The summed E-state index contributed by atoms with van der Waals surface area (Å²) >= 11 is 0. The van der Waals surface area contributed by atoms with Crippen LogP contribution < -0.4 is 0 Å². The van der Waals surface area contributed by atoms with Crippen molar-refractivity contribution in [2.24, 2.45) is 0 Å². The maximum absolute atomic E-state index is 10.9. The van der Waals surface area contributed by atoms with Crippen LogP contribution in [0.2, 0.25) is 0 Å². The first kappa shape index (κ1) is 25.1. The Labute approximate surface area is 252 Å². The summed E-state index contributed by atoms with van der Waals surface area (Å²) in [5, 5.41) is 34.1.